The molecule has 0 atom stereocenters. The first-order chi connectivity index (χ1) is 14.0. The minimum Gasteiger partial charge on any atom is -0.464 e. The number of thiophene rings is 1. The van der Waals surface area contributed by atoms with Gasteiger partial charge in [0.25, 0.3) is 5.89 Å². The Hall–Kier alpha value is -3.30. The number of hydrogen-bond acceptors (Lipinski definition) is 6. The van der Waals surface area contributed by atoms with E-state index in [1.54, 1.807) is 24.3 Å². The number of para-hydroxylation sites is 2. The molecule has 0 radical (unpaired) electrons. The number of nitrogens with zero attached hydrogens (tertiary/aromatic N) is 1. The fourth-order valence-corrected chi connectivity index (χ4v) is 3.76. The van der Waals surface area contributed by atoms with Gasteiger partial charge in [0.15, 0.2) is 29.8 Å². The zero-order chi connectivity index (χ0) is 20.5. The lowest BCUT2D eigenvalue weighted by Gasteiger charge is -2.10. The van der Waals surface area contributed by atoms with Crippen LogP contribution in [-0.4, -0.2) is 22.8 Å². The number of anilines is 1. The van der Waals surface area contributed by atoms with Gasteiger partial charge in [-0.2, -0.15) is 0 Å². The van der Waals surface area contributed by atoms with Crippen molar-refractivity contribution >= 4 is 34.0 Å². The third-order valence-electron chi connectivity index (χ3n) is 4.21. The number of rotatable bonds is 5. The monoisotopic (exact) mass is 416 g/mol. The summed E-state index contributed by atoms with van der Waals surface area (Å²) in [6.07, 6.45) is 0. The Kier molecular flexibility index (Phi) is 4.99. The predicted octanol–water partition coefficient (Wildman–Crippen LogP) is 4.72. The number of halogens is 2. The van der Waals surface area contributed by atoms with E-state index in [2.05, 4.69) is 10.3 Å². The van der Waals surface area contributed by atoms with Crippen LogP contribution < -0.4 is 10.1 Å². The molecule has 9 heteroatoms. The standard InChI is InChI=1S/C20H14F2N2O4S/c1-10-6-7-11(16(22)15(10)21)18-17(27-9-25)13(8-29-18)23-19(26)20-24-12-4-2-3-5-14(12)28-20/h2-8,25H,9H2,1H3,(H,23,26). The van der Waals surface area contributed by atoms with Crippen LogP contribution >= 0.6 is 11.3 Å². The van der Waals surface area contributed by atoms with E-state index in [0.717, 1.165) is 11.3 Å². The Bertz CT molecular complexity index is 1190. The van der Waals surface area contributed by atoms with E-state index in [1.807, 2.05) is 0 Å². The number of fused-ring (bicyclic) bond motifs is 1. The molecule has 148 valence electrons. The minimum absolute atomic E-state index is 0.0177. The van der Waals surface area contributed by atoms with Gasteiger partial charge in [0.1, 0.15) is 5.52 Å². The van der Waals surface area contributed by atoms with Crippen molar-refractivity contribution in [2.45, 2.75) is 6.92 Å². The van der Waals surface area contributed by atoms with Crippen molar-refractivity contribution in [2.75, 3.05) is 12.1 Å². The van der Waals surface area contributed by atoms with Crippen LogP contribution in [-0.2, 0) is 0 Å². The fraction of sp³-hybridized carbons (Fsp3) is 0.100. The van der Waals surface area contributed by atoms with Crippen LogP contribution in [0.5, 0.6) is 5.75 Å². The molecule has 0 fully saturated rings. The van der Waals surface area contributed by atoms with Crippen molar-refractivity contribution < 1.29 is 27.8 Å². The summed E-state index contributed by atoms with van der Waals surface area (Å²) in [5.74, 6) is -2.80. The second-order valence-corrected chi connectivity index (χ2v) is 6.96. The third-order valence-corrected chi connectivity index (χ3v) is 5.21. The topological polar surface area (TPSA) is 84.6 Å². The zero-order valence-electron chi connectivity index (χ0n) is 15.0. The maximum absolute atomic E-state index is 14.4. The summed E-state index contributed by atoms with van der Waals surface area (Å²) >= 11 is 1.03. The summed E-state index contributed by atoms with van der Waals surface area (Å²) in [6.45, 7) is 0.735. The van der Waals surface area contributed by atoms with Gasteiger partial charge in [-0.25, -0.2) is 13.8 Å². The highest BCUT2D eigenvalue weighted by molar-refractivity contribution is 7.14. The molecule has 2 aromatic heterocycles. The molecule has 4 rings (SSSR count). The normalized spacial score (nSPS) is 11.0. The number of amides is 1. The van der Waals surface area contributed by atoms with E-state index in [1.165, 1.54) is 24.4 Å². The first-order valence-electron chi connectivity index (χ1n) is 8.46. The number of aliphatic hydroxyl groups is 1. The maximum atomic E-state index is 14.4. The second kappa shape index (κ2) is 7.61. The highest BCUT2D eigenvalue weighted by Gasteiger charge is 2.23. The molecule has 6 nitrogen and oxygen atoms in total. The molecule has 0 aliphatic rings. The van der Waals surface area contributed by atoms with Crippen molar-refractivity contribution in [3.05, 3.63) is 64.9 Å². The van der Waals surface area contributed by atoms with Crippen LogP contribution in [0.3, 0.4) is 0 Å². The molecule has 0 aliphatic heterocycles. The van der Waals surface area contributed by atoms with Gasteiger partial charge in [-0.1, -0.05) is 18.2 Å². The maximum Gasteiger partial charge on any atom is 0.311 e. The van der Waals surface area contributed by atoms with Gasteiger partial charge in [0.2, 0.25) is 0 Å². The SMILES string of the molecule is Cc1ccc(-c2scc(NC(=O)c3nc4ccccc4o3)c2OCO)c(F)c1F. The van der Waals surface area contributed by atoms with Crippen molar-refractivity contribution in [1.29, 1.82) is 0 Å². The average molecular weight is 416 g/mol. The number of carbonyl (C=O) groups is 1. The van der Waals surface area contributed by atoms with Crippen LogP contribution in [0, 0.1) is 18.6 Å². The Balaban J connectivity index is 1.69. The number of ether oxygens (including phenoxy) is 1. The fourth-order valence-electron chi connectivity index (χ4n) is 2.79. The van der Waals surface area contributed by atoms with E-state index >= 15 is 0 Å². The Morgan fingerprint density at radius 1 is 1.24 bits per heavy atom. The quantitative estimate of drug-likeness (QED) is 0.460. The van der Waals surface area contributed by atoms with Gasteiger partial charge in [-0.05, 0) is 30.7 Å². The van der Waals surface area contributed by atoms with Crippen molar-refractivity contribution in [1.82, 2.24) is 4.98 Å². The Labute approximate surface area is 167 Å². The lowest BCUT2D eigenvalue weighted by Crippen LogP contribution is -2.12. The van der Waals surface area contributed by atoms with E-state index in [9.17, 15) is 18.7 Å². The summed E-state index contributed by atoms with van der Waals surface area (Å²) < 4.78 is 39.0. The molecule has 2 heterocycles. The van der Waals surface area contributed by atoms with Crippen LogP contribution in [0.15, 0.2) is 46.2 Å². The van der Waals surface area contributed by atoms with Gasteiger partial charge in [-0.15, -0.1) is 11.3 Å². The number of oxazole rings is 1. The number of aliphatic hydroxyl groups excluding tert-OH is 1. The molecule has 2 N–H and O–H groups in total. The first kappa shape index (κ1) is 19.0. The molecular weight excluding hydrogens is 402 g/mol. The number of benzene rings is 2. The first-order valence-corrected chi connectivity index (χ1v) is 9.34. The predicted molar refractivity (Wildman–Crippen MR) is 104 cm³/mol. The molecule has 4 aromatic rings. The molecule has 1 amide bonds. The molecule has 2 aromatic carbocycles. The number of aromatic nitrogens is 1. The third kappa shape index (κ3) is 3.45. The van der Waals surface area contributed by atoms with Crippen molar-refractivity contribution in [3.8, 4) is 16.2 Å². The summed E-state index contributed by atoms with van der Waals surface area (Å²) in [4.78, 5) is 16.9. The molecular formula is C20H14F2N2O4S. The second-order valence-electron chi connectivity index (χ2n) is 6.08. The molecule has 0 aliphatic carbocycles. The molecule has 0 saturated heterocycles. The average Bonchev–Trinajstić information content (AvgIpc) is 3.31. The van der Waals surface area contributed by atoms with Gasteiger partial charge in [-0.3, -0.25) is 4.79 Å². The highest BCUT2D eigenvalue weighted by Crippen LogP contribution is 2.44. The largest absolute Gasteiger partial charge is 0.464 e. The van der Waals surface area contributed by atoms with Gasteiger partial charge >= 0.3 is 5.91 Å². The van der Waals surface area contributed by atoms with E-state index < -0.39 is 24.3 Å². The lowest BCUT2D eigenvalue weighted by atomic mass is 10.1. The van der Waals surface area contributed by atoms with Crippen molar-refractivity contribution in [2.24, 2.45) is 0 Å². The summed E-state index contributed by atoms with van der Waals surface area (Å²) in [7, 11) is 0. The van der Waals surface area contributed by atoms with Crippen molar-refractivity contribution in [3.63, 3.8) is 0 Å². The minimum atomic E-state index is -1.04. The Morgan fingerprint density at radius 3 is 2.79 bits per heavy atom. The number of carbonyl (C=O) groups excluding carboxylic acids is 1. The molecule has 29 heavy (non-hydrogen) atoms. The summed E-state index contributed by atoms with van der Waals surface area (Å²) in [5, 5.41) is 13.3. The number of nitrogens with one attached hydrogen (secondary N) is 1. The van der Waals surface area contributed by atoms with Gasteiger partial charge in [0, 0.05) is 10.9 Å². The summed E-state index contributed by atoms with van der Waals surface area (Å²) in [5.41, 5.74) is 1.27. The number of aryl methyl sites for hydroxylation is 1. The smallest absolute Gasteiger partial charge is 0.311 e. The van der Waals surface area contributed by atoms with Crippen LogP contribution in [0.1, 0.15) is 16.2 Å². The lowest BCUT2D eigenvalue weighted by molar-refractivity contribution is 0.0967. The molecule has 0 spiro atoms. The molecule has 0 bridgehead atoms. The van der Waals surface area contributed by atoms with Crippen LogP contribution in [0.25, 0.3) is 21.5 Å². The molecule has 0 saturated carbocycles. The van der Waals surface area contributed by atoms with E-state index in [-0.39, 0.29) is 33.3 Å². The number of hydrogen-bond donors (Lipinski definition) is 2. The summed E-state index contributed by atoms with van der Waals surface area (Å²) in [6, 6.07) is 9.75. The van der Waals surface area contributed by atoms with E-state index in [0.29, 0.717) is 11.1 Å². The zero-order valence-corrected chi connectivity index (χ0v) is 15.8. The van der Waals surface area contributed by atoms with Gasteiger partial charge in [0.05, 0.1) is 10.6 Å². The van der Waals surface area contributed by atoms with Gasteiger partial charge < -0.3 is 19.6 Å². The molecule has 0 unspecified atom stereocenters. The Morgan fingerprint density at radius 2 is 2.03 bits per heavy atom. The van der Waals surface area contributed by atoms with Crippen LogP contribution in [0.4, 0.5) is 14.5 Å². The highest BCUT2D eigenvalue weighted by atomic mass is 32.1. The van der Waals surface area contributed by atoms with E-state index in [4.69, 9.17) is 9.15 Å². The van der Waals surface area contributed by atoms with Crippen LogP contribution in [0.2, 0.25) is 0 Å².